The standard InChI is InChI=1S/C15H20N4O3S/c1-11-5-6-13(23(21,22)16-2)7-14(11)15(20)18(3)9-12-8-17-19(4)10-12/h5-8,10,16H,9H2,1-4H3. The van der Waals surface area contributed by atoms with Gasteiger partial charge in [-0.2, -0.15) is 5.10 Å². The van der Waals surface area contributed by atoms with Gasteiger partial charge in [0.15, 0.2) is 0 Å². The van der Waals surface area contributed by atoms with Gasteiger partial charge in [-0.3, -0.25) is 9.48 Å². The van der Waals surface area contributed by atoms with Crippen LogP contribution in [0, 0.1) is 6.92 Å². The van der Waals surface area contributed by atoms with Crippen LogP contribution in [0.5, 0.6) is 0 Å². The molecule has 0 fully saturated rings. The van der Waals surface area contributed by atoms with Crippen molar-refractivity contribution in [3.8, 4) is 0 Å². The molecule has 0 atom stereocenters. The van der Waals surface area contributed by atoms with E-state index >= 15 is 0 Å². The molecule has 0 aliphatic rings. The molecule has 0 bridgehead atoms. The van der Waals surface area contributed by atoms with E-state index in [0.29, 0.717) is 12.1 Å². The molecule has 2 aromatic rings. The quantitative estimate of drug-likeness (QED) is 0.879. The van der Waals surface area contributed by atoms with E-state index in [2.05, 4.69) is 9.82 Å². The lowest BCUT2D eigenvalue weighted by molar-refractivity contribution is 0.0784. The van der Waals surface area contributed by atoms with Gasteiger partial charge < -0.3 is 4.90 Å². The van der Waals surface area contributed by atoms with Crippen molar-refractivity contribution in [2.45, 2.75) is 18.4 Å². The predicted molar refractivity (Wildman–Crippen MR) is 86.4 cm³/mol. The molecule has 0 spiro atoms. The number of hydrogen-bond donors (Lipinski definition) is 1. The Balaban J connectivity index is 2.29. The highest BCUT2D eigenvalue weighted by atomic mass is 32.2. The van der Waals surface area contributed by atoms with Gasteiger partial charge in [-0.05, 0) is 31.7 Å². The smallest absolute Gasteiger partial charge is 0.254 e. The number of aryl methyl sites for hydroxylation is 2. The summed E-state index contributed by atoms with van der Waals surface area (Å²) < 4.78 is 27.7. The van der Waals surface area contributed by atoms with Crippen LogP contribution in [0.4, 0.5) is 0 Å². The lowest BCUT2D eigenvalue weighted by atomic mass is 10.1. The highest BCUT2D eigenvalue weighted by Gasteiger charge is 2.19. The molecule has 0 saturated heterocycles. The maximum Gasteiger partial charge on any atom is 0.254 e. The van der Waals surface area contributed by atoms with Crippen LogP contribution in [0.25, 0.3) is 0 Å². The third kappa shape index (κ3) is 3.77. The molecule has 2 rings (SSSR count). The second kappa shape index (κ2) is 6.51. The Labute approximate surface area is 136 Å². The summed E-state index contributed by atoms with van der Waals surface area (Å²) >= 11 is 0. The first-order chi connectivity index (χ1) is 10.7. The van der Waals surface area contributed by atoms with Crippen molar-refractivity contribution >= 4 is 15.9 Å². The Hall–Kier alpha value is -2.19. The minimum atomic E-state index is -3.59. The number of aromatic nitrogens is 2. The van der Waals surface area contributed by atoms with Crippen molar-refractivity contribution in [1.82, 2.24) is 19.4 Å². The van der Waals surface area contributed by atoms with E-state index in [1.165, 1.54) is 24.1 Å². The van der Waals surface area contributed by atoms with Crippen LogP contribution in [0.1, 0.15) is 21.5 Å². The molecule has 1 aromatic heterocycles. The molecule has 1 N–H and O–H groups in total. The van der Waals surface area contributed by atoms with Crippen molar-refractivity contribution < 1.29 is 13.2 Å². The molecule has 124 valence electrons. The number of amides is 1. The van der Waals surface area contributed by atoms with Gasteiger partial charge in [-0.15, -0.1) is 0 Å². The molecule has 0 unspecified atom stereocenters. The van der Waals surface area contributed by atoms with Gasteiger partial charge in [0.25, 0.3) is 5.91 Å². The van der Waals surface area contributed by atoms with Gasteiger partial charge in [0.2, 0.25) is 10.0 Å². The SMILES string of the molecule is CNS(=O)(=O)c1ccc(C)c(C(=O)N(C)Cc2cnn(C)c2)c1. The number of carbonyl (C=O) groups is 1. The lowest BCUT2D eigenvalue weighted by Gasteiger charge is -2.18. The van der Waals surface area contributed by atoms with Crippen molar-refractivity contribution in [1.29, 1.82) is 0 Å². The fourth-order valence-electron chi connectivity index (χ4n) is 2.22. The average Bonchev–Trinajstić information content (AvgIpc) is 2.91. The van der Waals surface area contributed by atoms with Crippen molar-refractivity contribution in [2.75, 3.05) is 14.1 Å². The van der Waals surface area contributed by atoms with E-state index in [1.54, 1.807) is 30.9 Å². The highest BCUT2D eigenvalue weighted by molar-refractivity contribution is 7.89. The topological polar surface area (TPSA) is 84.3 Å². The Kier molecular flexibility index (Phi) is 4.86. The van der Waals surface area contributed by atoms with Crippen molar-refractivity contribution in [2.24, 2.45) is 7.05 Å². The van der Waals surface area contributed by atoms with Gasteiger partial charge in [0.1, 0.15) is 0 Å². The van der Waals surface area contributed by atoms with Gasteiger partial charge in [0, 0.05) is 38.0 Å². The molecule has 0 aliphatic carbocycles. The first-order valence-electron chi connectivity index (χ1n) is 7.02. The molecular weight excluding hydrogens is 316 g/mol. The van der Waals surface area contributed by atoms with E-state index in [-0.39, 0.29) is 10.8 Å². The summed E-state index contributed by atoms with van der Waals surface area (Å²) in [7, 11) is 1.23. The van der Waals surface area contributed by atoms with Crippen LogP contribution in [-0.2, 0) is 23.6 Å². The zero-order valence-electron chi connectivity index (χ0n) is 13.6. The molecule has 0 saturated carbocycles. The summed E-state index contributed by atoms with van der Waals surface area (Å²) in [6, 6.07) is 4.53. The van der Waals surface area contributed by atoms with E-state index < -0.39 is 10.0 Å². The van der Waals surface area contributed by atoms with Gasteiger partial charge in [-0.25, -0.2) is 13.1 Å². The number of sulfonamides is 1. The fraction of sp³-hybridized carbons (Fsp3) is 0.333. The predicted octanol–water partition coefficient (Wildman–Crippen LogP) is 0.909. The Morgan fingerprint density at radius 1 is 1.39 bits per heavy atom. The maximum absolute atomic E-state index is 12.6. The zero-order valence-corrected chi connectivity index (χ0v) is 14.4. The molecule has 8 heteroatoms. The monoisotopic (exact) mass is 336 g/mol. The molecule has 1 aromatic carbocycles. The number of hydrogen-bond acceptors (Lipinski definition) is 4. The molecule has 7 nitrogen and oxygen atoms in total. The fourth-order valence-corrected chi connectivity index (χ4v) is 2.98. The van der Waals surface area contributed by atoms with E-state index in [4.69, 9.17) is 0 Å². The zero-order chi connectivity index (χ0) is 17.2. The number of rotatable bonds is 5. The van der Waals surface area contributed by atoms with Gasteiger partial charge in [0.05, 0.1) is 11.1 Å². The van der Waals surface area contributed by atoms with Crippen molar-refractivity contribution in [3.05, 3.63) is 47.3 Å². The summed E-state index contributed by atoms with van der Waals surface area (Å²) in [6.45, 7) is 2.18. The van der Waals surface area contributed by atoms with E-state index in [1.807, 2.05) is 13.2 Å². The minimum absolute atomic E-state index is 0.0729. The third-order valence-electron chi connectivity index (χ3n) is 3.54. The average molecular weight is 336 g/mol. The maximum atomic E-state index is 12.6. The molecule has 1 amide bonds. The second-order valence-corrected chi connectivity index (χ2v) is 7.25. The van der Waals surface area contributed by atoms with Crippen LogP contribution >= 0.6 is 0 Å². The Morgan fingerprint density at radius 2 is 2.09 bits per heavy atom. The molecule has 0 radical (unpaired) electrons. The van der Waals surface area contributed by atoms with Crippen LogP contribution in [0.2, 0.25) is 0 Å². The van der Waals surface area contributed by atoms with Crippen LogP contribution in [0.3, 0.4) is 0 Å². The minimum Gasteiger partial charge on any atom is -0.337 e. The Bertz CT molecular complexity index is 827. The van der Waals surface area contributed by atoms with Crippen LogP contribution in [-0.4, -0.2) is 43.1 Å². The molecule has 23 heavy (non-hydrogen) atoms. The van der Waals surface area contributed by atoms with E-state index in [9.17, 15) is 13.2 Å². The van der Waals surface area contributed by atoms with Crippen molar-refractivity contribution in [3.63, 3.8) is 0 Å². The number of nitrogens with zero attached hydrogens (tertiary/aromatic N) is 3. The normalized spacial score (nSPS) is 11.5. The third-order valence-corrected chi connectivity index (χ3v) is 4.96. The van der Waals surface area contributed by atoms with Crippen LogP contribution < -0.4 is 4.72 Å². The first kappa shape index (κ1) is 17.2. The summed E-state index contributed by atoms with van der Waals surface area (Å²) in [5.74, 6) is -0.237. The molecule has 0 aliphatic heterocycles. The summed E-state index contributed by atoms with van der Waals surface area (Å²) in [5.41, 5.74) is 2.00. The van der Waals surface area contributed by atoms with Gasteiger partial charge in [-0.1, -0.05) is 6.07 Å². The first-order valence-corrected chi connectivity index (χ1v) is 8.50. The van der Waals surface area contributed by atoms with E-state index in [0.717, 1.165) is 11.1 Å². The molecular formula is C15H20N4O3S. The summed E-state index contributed by atoms with van der Waals surface area (Å²) in [6.07, 6.45) is 3.52. The molecule has 1 heterocycles. The lowest BCUT2D eigenvalue weighted by Crippen LogP contribution is -2.27. The number of nitrogens with one attached hydrogen (secondary N) is 1. The summed E-state index contributed by atoms with van der Waals surface area (Å²) in [5, 5.41) is 4.07. The second-order valence-electron chi connectivity index (χ2n) is 5.37. The van der Waals surface area contributed by atoms with Crippen LogP contribution in [0.15, 0.2) is 35.5 Å². The van der Waals surface area contributed by atoms with Gasteiger partial charge >= 0.3 is 0 Å². The Morgan fingerprint density at radius 3 is 2.65 bits per heavy atom. The summed E-state index contributed by atoms with van der Waals surface area (Å²) in [4.78, 5) is 14.2. The highest BCUT2D eigenvalue weighted by Crippen LogP contribution is 2.18. The number of benzene rings is 1. The number of carbonyl (C=O) groups excluding carboxylic acids is 1. The largest absolute Gasteiger partial charge is 0.337 e.